The van der Waals surface area contributed by atoms with Crippen molar-refractivity contribution >= 4 is 0 Å². The molecule has 0 aromatic carbocycles. The van der Waals surface area contributed by atoms with E-state index < -0.39 is 0 Å². The van der Waals surface area contributed by atoms with E-state index in [1.165, 1.54) is 38.9 Å². The lowest BCUT2D eigenvalue weighted by molar-refractivity contribution is 0.0431. The van der Waals surface area contributed by atoms with Crippen LogP contribution in [-0.4, -0.2) is 36.1 Å². The molecule has 4 atom stereocenters. The summed E-state index contributed by atoms with van der Waals surface area (Å²) >= 11 is 0. The highest BCUT2D eigenvalue weighted by atomic mass is 15.3. The Morgan fingerprint density at radius 3 is 2.28 bits per heavy atom. The first-order chi connectivity index (χ1) is 8.48. The molecule has 4 unspecified atom stereocenters. The van der Waals surface area contributed by atoms with Crippen LogP contribution < -0.4 is 5.32 Å². The molecule has 2 aliphatic heterocycles. The summed E-state index contributed by atoms with van der Waals surface area (Å²) in [6.07, 6.45) is 4.31. The Balaban J connectivity index is 1.76. The third-order valence-electron chi connectivity index (χ3n) is 6.01. The van der Waals surface area contributed by atoms with Crippen LogP contribution in [0.4, 0.5) is 0 Å². The molecule has 3 rings (SSSR count). The van der Waals surface area contributed by atoms with Crippen molar-refractivity contribution < 1.29 is 0 Å². The van der Waals surface area contributed by atoms with Gasteiger partial charge in [-0.25, -0.2) is 0 Å². The summed E-state index contributed by atoms with van der Waals surface area (Å²) < 4.78 is 0. The van der Waals surface area contributed by atoms with E-state index >= 15 is 0 Å². The van der Waals surface area contributed by atoms with Crippen molar-refractivity contribution in [3.05, 3.63) is 0 Å². The summed E-state index contributed by atoms with van der Waals surface area (Å²) in [4.78, 5) is 2.88. The molecule has 0 spiro atoms. The Bertz CT molecular complexity index is 302. The van der Waals surface area contributed by atoms with Crippen molar-refractivity contribution in [2.45, 2.75) is 58.5 Å². The highest BCUT2D eigenvalue weighted by Gasteiger charge is 2.51. The van der Waals surface area contributed by atoms with Crippen molar-refractivity contribution in [1.82, 2.24) is 10.2 Å². The zero-order valence-electron chi connectivity index (χ0n) is 12.6. The third kappa shape index (κ3) is 2.02. The van der Waals surface area contributed by atoms with Gasteiger partial charge in [-0.2, -0.15) is 0 Å². The average molecular weight is 250 g/mol. The molecular weight excluding hydrogens is 220 g/mol. The first-order valence-electron chi connectivity index (χ1n) is 7.96. The second-order valence-electron chi connectivity index (χ2n) is 7.90. The number of nitrogens with one attached hydrogen (secondary N) is 1. The maximum absolute atomic E-state index is 3.59. The average Bonchev–Trinajstić information content (AvgIpc) is 2.80. The van der Waals surface area contributed by atoms with Crippen LogP contribution in [0.25, 0.3) is 0 Å². The minimum Gasteiger partial charge on any atom is -0.316 e. The van der Waals surface area contributed by atoms with Crippen LogP contribution in [0, 0.1) is 23.7 Å². The molecule has 1 saturated carbocycles. The van der Waals surface area contributed by atoms with Crippen LogP contribution in [0.1, 0.15) is 47.0 Å². The fraction of sp³-hybridized carbons (Fsp3) is 1.00. The van der Waals surface area contributed by atoms with Crippen molar-refractivity contribution in [3.63, 3.8) is 0 Å². The Kier molecular flexibility index (Phi) is 3.22. The van der Waals surface area contributed by atoms with Crippen LogP contribution in [0.2, 0.25) is 0 Å². The Morgan fingerprint density at radius 1 is 1.00 bits per heavy atom. The molecule has 0 radical (unpaired) electrons. The summed E-state index contributed by atoms with van der Waals surface area (Å²) in [5, 5.41) is 3.59. The minimum absolute atomic E-state index is 0.412. The van der Waals surface area contributed by atoms with Crippen LogP contribution in [-0.2, 0) is 0 Å². The van der Waals surface area contributed by atoms with Gasteiger partial charge in [0.05, 0.1) is 0 Å². The van der Waals surface area contributed by atoms with Gasteiger partial charge >= 0.3 is 0 Å². The molecule has 2 nitrogen and oxygen atoms in total. The van der Waals surface area contributed by atoms with Crippen molar-refractivity contribution in [1.29, 1.82) is 0 Å². The molecule has 3 fully saturated rings. The third-order valence-corrected chi connectivity index (χ3v) is 6.01. The van der Waals surface area contributed by atoms with Gasteiger partial charge in [0.25, 0.3) is 0 Å². The number of likely N-dealkylation sites (tertiary alicyclic amines) is 1. The standard InChI is InChI=1S/C16H30N2/c1-11-5-12(2)7-14(6-11)18-10-13-8-17-9-15(13)16(18,3)4/h11-15,17H,5-10H2,1-4H3. The highest BCUT2D eigenvalue weighted by molar-refractivity contribution is 5.06. The van der Waals surface area contributed by atoms with Crippen molar-refractivity contribution in [2.24, 2.45) is 23.7 Å². The van der Waals surface area contributed by atoms with Gasteiger partial charge in [0.1, 0.15) is 0 Å². The molecule has 3 aliphatic rings. The monoisotopic (exact) mass is 250 g/mol. The molecule has 1 aliphatic carbocycles. The molecule has 18 heavy (non-hydrogen) atoms. The van der Waals surface area contributed by atoms with Gasteiger partial charge in [-0.05, 0) is 63.3 Å². The predicted molar refractivity (Wildman–Crippen MR) is 76.6 cm³/mol. The smallest absolute Gasteiger partial charge is 0.0200 e. The van der Waals surface area contributed by atoms with E-state index in [4.69, 9.17) is 0 Å². The number of nitrogens with zero attached hydrogens (tertiary/aromatic N) is 1. The maximum Gasteiger partial charge on any atom is 0.0200 e. The predicted octanol–water partition coefficient (Wildman–Crippen LogP) is 2.74. The van der Waals surface area contributed by atoms with Crippen molar-refractivity contribution in [2.75, 3.05) is 19.6 Å². The first-order valence-corrected chi connectivity index (χ1v) is 7.96. The first kappa shape index (κ1) is 12.9. The zero-order chi connectivity index (χ0) is 12.9. The number of rotatable bonds is 1. The van der Waals surface area contributed by atoms with Gasteiger partial charge < -0.3 is 5.32 Å². The van der Waals surface area contributed by atoms with E-state index in [-0.39, 0.29) is 0 Å². The Labute approximate surface area is 113 Å². The van der Waals surface area contributed by atoms with Crippen LogP contribution in [0.5, 0.6) is 0 Å². The fourth-order valence-electron chi connectivity index (χ4n) is 5.23. The van der Waals surface area contributed by atoms with Gasteiger partial charge in [0.15, 0.2) is 0 Å². The van der Waals surface area contributed by atoms with E-state index in [2.05, 4.69) is 37.9 Å². The lowest BCUT2D eigenvalue weighted by Crippen LogP contribution is -2.51. The molecule has 2 heterocycles. The van der Waals surface area contributed by atoms with E-state index in [0.717, 1.165) is 29.7 Å². The highest BCUT2D eigenvalue weighted by Crippen LogP contribution is 2.45. The molecule has 0 amide bonds. The van der Waals surface area contributed by atoms with Gasteiger partial charge in [-0.1, -0.05) is 13.8 Å². The molecule has 2 saturated heterocycles. The SMILES string of the molecule is CC1CC(C)CC(N2CC3CNCC3C2(C)C)C1. The largest absolute Gasteiger partial charge is 0.316 e. The van der Waals surface area contributed by atoms with Crippen LogP contribution >= 0.6 is 0 Å². The number of hydrogen-bond acceptors (Lipinski definition) is 2. The zero-order valence-corrected chi connectivity index (χ0v) is 12.6. The molecular formula is C16H30N2. The molecule has 1 N–H and O–H groups in total. The fourth-order valence-corrected chi connectivity index (χ4v) is 5.23. The second kappa shape index (κ2) is 4.49. The molecule has 2 heteroatoms. The van der Waals surface area contributed by atoms with E-state index in [1.807, 2.05) is 0 Å². The van der Waals surface area contributed by atoms with Crippen LogP contribution in [0.3, 0.4) is 0 Å². The Morgan fingerprint density at radius 2 is 1.67 bits per heavy atom. The van der Waals surface area contributed by atoms with Crippen molar-refractivity contribution in [3.8, 4) is 0 Å². The van der Waals surface area contributed by atoms with E-state index in [0.29, 0.717) is 5.54 Å². The summed E-state index contributed by atoms with van der Waals surface area (Å²) in [5.74, 6) is 3.64. The van der Waals surface area contributed by atoms with Gasteiger partial charge in [-0.15, -0.1) is 0 Å². The van der Waals surface area contributed by atoms with Gasteiger partial charge in [-0.3, -0.25) is 4.90 Å². The van der Waals surface area contributed by atoms with Gasteiger partial charge in [0.2, 0.25) is 0 Å². The molecule has 0 aromatic rings. The number of hydrogen-bond donors (Lipinski definition) is 1. The lowest BCUT2D eigenvalue weighted by Gasteiger charge is -2.45. The molecule has 0 aromatic heterocycles. The summed E-state index contributed by atoms with van der Waals surface area (Å²) in [7, 11) is 0. The topological polar surface area (TPSA) is 15.3 Å². The van der Waals surface area contributed by atoms with E-state index in [1.54, 1.807) is 0 Å². The number of fused-ring (bicyclic) bond motifs is 1. The van der Waals surface area contributed by atoms with Gasteiger partial charge in [0, 0.05) is 24.7 Å². The second-order valence-corrected chi connectivity index (χ2v) is 7.90. The quantitative estimate of drug-likeness (QED) is 0.770. The molecule has 104 valence electrons. The minimum atomic E-state index is 0.412. The normalized spacial score (nSPS) is 48.3. The molecule has 0 bridgehead atoms. The lowest BCUT2D eigenvalue weighted by atomic mass is 9.78. The summed E-state index contributed by atoms with van der Waals surface area (Å²) in [6, 6.07) is 0.851. The Hall–Kier alpha value is -0.0800. The summed E-state index contributed by atoms with van der Waals surface area (Å²) in [6.45, 7) is 13.7. The van der Waals surface area contributed by atoms with Crippen LogP contribution in [0.15, 0.2) is 0 Å². The van der Waals surface area contributed by atoms with E-state index in [9.17, 15) is 0 Å². The maximum atomic E-state index is 3.59. The summed E-state index contributed by atoms with van der Waals surface area (Å²) in [5.41, 5.74) is 0.412.